The van der Waals surface area contributed by atoms with Crippen LogP contribution in [0.15, 0.2) is 5.11 Å². The molecule has 0 heterocycles. The van der Waals surface area contributed by atoms with E-state index >= 15 is 0 Å². The lowest BCUT2D eigenvalue weighted by atomic mass is 10.1. The maximum Gasteiger partial charge on any atom is 0.221 e. The van der Waals surface area contributed by atoms with Crippen molar-refractivity contribution in [3.8, 4) is 0 Å². The lowest BCUT2D eigenvalue weighted by Gasteiger charge is -1.98. The van der Waals surface area contributed by atoms with E-state index in [1.165, 1.54) is 0 Å². The molecule has 0 atom stereocenters. The number of halogens is 1. The molecule has 0 N–H and O–H groups in total. The van der Waals surface area contributed by atoms with Gasteiger partial charge in [0, 0.05) is 17.9 Å². The maximum atomic E-state index is 10.4. The van der Waals surface area contributed by atoms with Crippen molar-refractivity contribution in [3.63, 3.8) is 0 Å². The minimum absolute atomic E-state index is 0.242. The minimum atomic E-state index is -0.242. The molecular weight excluding hydrogens is 202 g/mol. The zero-order valence-electron chi connectivity index (χ0n) is 8.28. The summed E-state index contributed by atoms with van der Waals surface area (Å²) in [5.74, 6) is 0. The Morgan fingerprint density at radius 1 is 1.14 bits per heavy atom. The van der Waals surface area contributed by atoms with Gasteiger partial charge in [0.2, 0.25) is 5.24 Å². The zero-order valence-corrected chi connectivity index (χ0v) is 9.04. The Morgan fingerprint density at radius 3 is 2.29 bits per heavy atom. The van der Waals surface area contributed by atoms with Gasteiger partial charge in [-0.3, -0.25) is 4.79 Å². The fraction of sp³-hybridized carbons (Fsp3) is 0.889. The second kappa shape index (κ2) is 10.4. The highest BCUT2D eigenvalue weighted by Gasteiger charge is 1.95. The minimum Gasteiger partial charge on any atom is -0.281 e. The molecule has 0 saturated carbocycles. The van der Waals surface area contributed by atoms with Gasteiger partial charge in [0.25, 0.3) is 0 Å². The molecule has 0 aromatic rings. The smallest absolute Gasteiger partial charge is 0.221 e. The lowest BCUT2D eigenvalue weighted by Crippen LogP contribution is -1.87. The van der Waals surface area contributed by atoms with Gasteiger partial charge in [-0.15, -0.1) is 0 Å². The van der Waals surface area contributed by atoms with Gasteiger partial charge in [-0.1, -0.05) is 30.8 Å². The molecule has 80 valence electrons. The van der Waals surface area contributed by atoms with Crippen LogP contribution < -0.4 is 0 Å². The Labute approximate surface area is 89.3 Å². The van der Waals surface area contributed by atoms with E-state index in [0.717, 1.165) is 38.5 Å². The van der Waals surface area contributed by atoms with Crippen molar-refractivity contribution in [1.29, 1.82) is 0 Å². The maximum absolute atomic E-state index is 10.4. The Bertz CT molecular complexity index is 194. The Morgan fingerprint density at radius 2 is 1.71 bits per heavy atom. The second-order valence-electron chi connectivity index (χ2n) is 3.18. The van der Waals surface area contributed by atoms with Crippen molar-refractivity contribution < 1.29 is 4.79 Å². The summed E-state index contributed by atoms with van der Waals surface area (Å²) in [6.07, 6.45) is 6.74. The van der Waals surface area contributed by atoms with Gasteiger partial charge in [0.05, 0.1) is 0 Å². The number of carbonyl (C=O) groups excluding carboxylic acids is 1. The first-order chi connectivity index (χ1) is 6.77. The van der Waals surface area contributed by atoms with Crippen LogP contribution in [0, 0.1) is 0 Å². The molecule has 0 aromatic carbocycles. The molecule has 0 radical (unpaired) electrons. The van der Waals surface area contributed by atoms with Crippen LogP contribution in [0.5, 0.6) is 0 Å². The molecule has 5 heteroatoms. The first-order valence-electron chi connectivity index (χ1n) is 4.96. The third kappa shape index (κ3) is 11.3. The highest BCUT2D eigenvalue weighted by atomic mass is 35.5. The van der Waals surface area contributed by atoms with Gasteiger partial charge in [-0.05, 0) is 30.0 Å². The van der Waals surface area contributed by atoms with Crippen molar-refractivity contribution in [2.24, 2.45) is 5.11 Å². The first kappa shape index (κ1) is 13.3. The topological polar surface area (TPSA) is 65.8 Å². The van der Waals surface area contributed by atoms with Gasteiger partial charge in [-0.25, -0.2) is 0 Å². The van der Waals surface area contributed by atoms with Crippen molar-refractivity contribution in [2.75, 3.05) is 6.54 Å². The monoisotopic (exact) mass is 217 g/mol. The highest BCUT2D eigenvalue weighted by molar-refractivity contribution is 6.63. The van der Waals surface area contributed by atoms with Gasteiger partial charge < -0.3 is 0 Å². The third-order valence-corrected chi connectivity index (χ3v) is 2.13. The van der Waals surface area contributed by atoms with Crippen LogP contribution >= 0.6 is 11.6 Å². The van der Waals surface area contributed by atoms with E-state index in [1.807, 2.05) is 0 Å². The molecule has 0 fully saturated rings. The number of azide groups is 1. The van der Waals surface area contributed by atoms with E-state index in [9.17, 15) is 4.79 Å². The predicted octanol–water partition coefficient (Wildman–Crippen LogP) is 3.79. The molecule has 0 aromatic heterocycles. The van der Waals surface area contributed by atoms with Crippen LogP contribution in [-0.2, 0) is 4.79 Å². The lowest BCUT2D eigenvalue weighted by molar-refractivity contribution is -0.111. The number of hydrogen-bond acceptors (Lipinski definition) is 2. The fourth-order valence-corrected chi connectivity index (χ4v) is 1.33. The molecule has 0 bridgehead atoms. The SMILES string of the molecule is [N-]=[N+]=NCCCCCCCCC(=O)Cl. The first-order valence-corrected chi connectivity index (χ1v) is 5.34. The summed E-state index contributed by atoms with van der Waals surface area (Å²) in [6, 6.07) is 0. The van der Waals surface area contributed by atoms with Gasteiger partial charge in [0.15, 0.2) is 0 Å². The van der Waals surface area contributed by atoms with Crippen LogP contribution in [0.2, 0.25) is 0 Å². The van der Waals surface area contributed by atoms with Crippen LogP contribution in [-0.4, -0.2) is 11.8 Å². The molecule has 0 aliphatic carbocycles. The second-order valence-corrected chi connectivity index (χ2v) is 3.60. The summed E-state index contributed by atoms with van der Waals surface area (Å²) < 4.78 is 0. The average molecular weight is 218 g/mol. The van der Waals surface area contributed by atoms with E-state index in [0.29, 0.717) is 13.0 Å². The molecular formula is C9H16ClN3O. The van der Waals surface area contributed by atoms with Crippen LogP contribution in [0.1, 0.15) is 44.9 Å². The van der Waals surface area contributed by atoms with Gasteiger partial charge >= 0.3 is 0 Å². The number of unbranched alkanes of at least 4 members (excludes halogenated alkanes) is 5. The van der Waals surface area contributed by atoms with Crippen molar-refractivity contribution in [1.82, 2.24) is 0 Å². The normalized spacial score (nSPS) is 9.50. The van der Waals surface area contributed by atoms with E-state index in [4.69, 9.17) is 17.1 Å². The quantitative estimate of drug-likeness (QED) is 0.190. The number of hydrogen-bond donors (Lipinski definition) is 0. The molecule has 0 unspecified atom stereocenters. The molecule has 4 nitrogen and oxygen atoms in total. The van der Waals surface area contributed by atoms with Crippen molar-refractivity contribution in [3.05, 3.63) is 10.4 Å². The summed E-state index contributed by atoms with van der Waals surface area (Å²) in [5, 5.41) is 3.21. The predicted molar refractivity (Wildman–Crippen MR) is 57.2 cm³/mol. The van der Waals surface area contributed by atoms with E-state index < -0.39 is 0 Å². The number of rotatable bonds is 9. The van der Waals surface area contributed by atoms with Crippen molar-refractivity contribution >= 4 is 16.8 Å². The molecule has 0 aliphatic heterocycles. The Balaban J connectivity index is 2.99. The summed E-state index contributed by atoms with van der Waals surface area (Å²) in [5.41, 5.74) is 8.00. The molecule has 0 rings (SSSR count). The highest BCUT2D eigenvalue weighted by Crippen LogP contribution is 2.08. The summed E-state index contributed by atoms with van der Waals surface area (Å²) in [6.45, 7) is 0.594. The summed E-state index contributed by atoms with van der Waals surface area (Å²) in [7, 11) is 0. The molecule has 0 aliphatic rings. The summed E-state index contributed by atoms with van der Waals surface area (Å²) in [4.78, 5) is 13.0. The van der Waals surface area contributed by atoms with Crippen LogP contribution in [0.25, 0.3) is 10.4 Å². The average Bonchev–Trinajstić information content (AvgIpc) is 2.15. The Hall–Kier alpha value is -0.730. The number of carbonyl (C=O) groups is 1. The van der Waals surface area contributed by atoms with E-state index in [-0.39, 0.29) is 5.24 Å². The molecule has 0 amide bonds. The molecule has 14 heavy (non-hydrogen) atoms. The Kier molecular flexibility index (Phi) is 9.81. The van der Waals surface area contributed by atoms with E-state index in [1.54, 1.807) is 0 Å². The zero-order chi connectivity index (χ0) is 10.6. The van der Waals surface area contributed by atoms with Gasteiger partial charge in [-0.2, -0.15) is 0 Å². The summed E-state index contributed by atoms with van der Waals surface area (Å²) >= 11 is 5.19. The molecule has 0 saturated heterocycles. The largest absolute Gasteiger partial charge is 0.281 e. The number of nitrogens with zero attached hydrogens (tertiary/aromatic N) is 3. The molecule has 0 spiro atoms. The van der Waals surface area contributed by atoms with Crippen molar-refractivity contribution in [2.45, 2.75) is 44.9 Å². The third-order valence-electron chi connectivity index (χ3n) is 1.94. The van der Waals surface area contributed by atoms with E-state index in [2.05, 4.69) is 10.0 Å². The van der Waals surface area contributed by atoms with Gasteiger partial charge in [0.1, 0.15) is 0 Å². The standard InChI is InChI=1S/C9H16ClN3O/c10-9(14)7-5-3-1-2-4-6-8-12-13-11/h1-8H2. The van der Waals surface area contributed by atoms with Crippen LogP contribution in [0.4, 0.5) is 0 Å². The van der Waals surface area contributed by atoms with Crippen LogP contribution in [0.3, 0.4) is 0 Å². The fourth-order valence-electron chi connectivity index (χ4n) is 1.20.